The highest BCUT2D eigenvalue weighted by Crippen LogP contribution is 2.25. The van der Waals surface area contributed by atoms with Crippen LogP contribution in [0.3, 0.4) is 0 Å². The number of aryl methyl sites for hydroxylation is 1. The lowest BCUT2D eigenvalue weighted by atomic mass is 9.95. The highest BCUT2D eigenvalue weighted by Gasteiger charge is 2.23. The van der Waals surface area contributed by atoms with Gasteiger partial charge in [-0.2, -0.15) is 4.98 Å². The molecule has 4 nitrogen and oxygen atoms in total. The summed E-state index contributed by atoms with van der Waals surface area (Å²) in [6, 6.07) is 1.81. The first-order chi connectivity index (χ1) is 8.17. The Labute approximate surface area is 110 Å². The predicted molar refractivity (Wildman–Crippen MR) is 68.2 cm³/mol. The van der Waals surface area contributed by atoms with E-state index in [4.69, 9.17) is 9.47 Å². The molecule has 94 valence electrons. The zero-order valence-electron chi connectivity index (χ0n) is 10.1. The van der Waals surface area contributed by atoms with Crippen molar-refractivity contribution >= 4 is 15.9 Å². The summed E-state index contributed by atoms with van der Waals surface area (Å²) < 4.78 is 12.0. The van der Waals surface area contributed by atoms with E-state index in [2.05, 4.69) is 25.9 Å². The highest BCUT2D eigenvalue weighted by molar-refractivity contribution is 9.10. The van der Waals surface area contributed by atoms with Gasteiger partial charge in [0.05, 0.1) is 6.10 Å². The quantitative estimate of drug-likeness (QED) is 0.805. The summed E-state index contributed by atoms with van der Waals surface area (Å²) in [5, 5.41) is 0. The molecule has 1 aliphatic rings. The zero-order valence-corrected chi connectivity index (χ0v) is 11.7. The van der Waals surface area contributed by atoms with Crippen LogP contribution in [-0.4, -0.2) is 29.3 Å². The average molecular weight is 301 g/mol. The van der Waals surface area contributed by atoms with Crippen LogP contribution in [0, 0.1) is 6.92 Å². The van der Waals surface area contributed by atoms with Crippen molar-refractivity contribution < 1.29 is 9.47 Å². The van der Waals surface area contributed by atoms with Crippen LogP contribution in [0.2, 0.25) is 0 Å². The number of halogens is 1. The van der Waals surface area contributed by atoms with Crippen molar-refractivity contribution in [3.63, 3.8) is 0 Å². The van der Waals surface area contributed by atoms with Crippen LogP contribution in [0.4, 0.5) is 0 Å². The third kappa shape index (κ3) is 3.64. The molecule has 2 atom stereocenters. The molecule has 1 fully saturated rings. The summed E-state index contributed by atoms with van der Waals surface area (Å²) in [6.07, 6.45) is 4.81. The van der Waals surface area contributed by atoms with Crippen LogP contribution in [0.15, 0.2) is 10.7 Å². The minimum atomic E-state index is 0.204. The SMILES string of the molecule is COC1CCCC(Oc2cc(Br)nc(C)n2)C1. The lowest BCUT2D eigenvalue weighted by Gasteiger charge is -2.28. The summed E-state index contributed by atoms with van der Waals surface area (Å²) in [7, 11) is 1.76. The van der Waals surface area contributed by atoms with Crippen molar-refractivity contribution in [2.45, 2.75) is 44.8 Å². The molecular weight excluding hydrogens is 284 g/mol. The Balaban J connectivity index is 2.00. The van der Waals surface area contributed by atoms with Crippen LogP contribution in [0.1, 0.15) is 31.5 Å². The molecule has 1 saturated carbocycles. The van der Waals surface area contributed by atoms with Gasteiger partial charge in [-0.3, -0.25) is 0 Å². The van der Waals surface area contributed by atoms with Crippen molar-refractivity contribution in [1.29, 1.82) is 0 Å². The molecule has 0 bridgehead atoms. The van der Waals surface area contributed by atoms with Crippen molar-refractivity contribution in [2.75, 3.05) is 7.11 Å². The summed E-state index contributed by atoms with van der Waals surface area (Å²) in [5.74, 6) is 1.36. The monoisotopic (exact) mass is 300 g/mol. The maximum atomic E-state index is 5.89. The van der Waals surface area contributed by atoms with E-state index in [1.807, 2.05) is 13.0 Å². The van der Waals surface area contributed by atoms with Gasteiger partial charge in [0.2, 0.25) is 5.88 Å². The largest absolute Gasteiger partial charge is 0.474 e. The standard InChI is InChI=1S/C12H17BrN2O2/c1-8-14-11(13)7-12(15-8)17-10-5-3-4-9(6-10)16-2/h7,9-10H,3-6H2,1-2H3. The second-order valence-corrected chi connectivity index (χ2v) is 5.15. The second kappa shape index (κ2) is 5.78. The summed E-state index contributed by atoms with van der Waals surface area (Å²) >= 11 is 3.35. The van der Waals surface area contributed by atoms with Gasteiger partial charge in [0.25, 0.3) is 0 Å². The molecule has 2 unspecified atom stereocenters. The third-order valence-corrected chi connectivity index (χ3v) is 3.39. The Morgan fingerprint density at radius 3 is 2.76 bits per heavy atom. The minimum Gasteiger partial charge on any atom is -0.474 e. The van der Waals surface area contributed by atoms with Crippen molar-refractivity contribution in [3.05, 3.63) is 16.5 Å². The fourth-order valence-corrected chi connectivity index (χ4v) is 2.61. The smallest absolute Gasteiger partial charge is 0.217 e. The van der Waals surface area contributed by atoms with E-state index < -0.39 is 0 Å². The molecule has 0 saturated heterocycles. The highest BCUT2D eigenvalue weighted by atomic mass is 79.9. The minimum absolute atomic E-state index is 0.204. The Hall–Kier alpha value is -0.680. The van der Waals surface area contributed by atoms with Gasteiger partial charge in [-0.05, 0) is 42.1 Å². The fourth-order valence-electron chi connectivity index (χ4n) is 2.16. The van der Waals surface area contributed by atoms with Crippen LogP contribution in [-0.2, 0) is 4.74 Å². The van der Waals surface area contributed by atoms with Crippen molar-refractivity contribution in [2.24, 2.45) is 0 Å². The number of nitrogens with zero attached hydrogens (tertiary/aromatic N) is 2. The maximum Gasteiger partial charge on any atom is 0.217 e. The Bertz CT molecular complexity index is 367. The number of hydrogen-bond acceptors (Lipinski definition) is 4. The van der Waals surface area contributed by atoms with Gasteiger partial charge < -0.3 is 9.47 Å². The van der Waals surface area contributed by atoms with E-state index in [1.165, 1.54) is 0 Å². The summed E-state index contributed by atoms with van der Waals surface area (Å²) in [6.45, 7) is 1.86. The zero-order chi connectivity index (χ0) is 12.3. The molecule has 0 spiro atoms. The van der Waals surface area contributed by atoms with Gasteiger partial charge in [0, 0.05) is 19.6 Å². The lowest BCUT2D eigenvalue weighted by Crippen LogP contribution is -2.29. The van der Waals surface area contributed by atoms with E-state index in [1.54, 1.807) is 7.11 Å². The van der Waals surface area contributed by atoms with Crippen LogP contribution in [0.25, 0.3) is 0 Å². The molecule has 5 heteroatoms. The van der Waals surface area contributed by atoms with Gasteiger partial charge in [-0.15, -0.1) is 0 Å². The van der Waals surface area contributed by atoms with Gasteiger partial charge in [-0.1, -0.05) is 0 Å². The van der Waals surface area contributed by atoms with E-state index in [0.29, 0.717) is 17.8 Å². The van der Waals surface area contributed by atoms with Crippen LogP contribution < -0.4 is 4.74 Å². The summed E-state index contributed by atoms with van der Waals surface area (Å²) in [5.41, 5.74) is 0. The first-order valence-electron chi connectivity index (χ1n) is 5.88. The fraction of sp³-hybridized carbons (Fsp3) is 0.667. The molecule has 0 amide bonds. The van der Waals surface area contributed by atoms with Crippen molar-refractivity contribution in [3.8, 4) is 5.88 Å². The van der Waals surface area contributed by atoms with E-state index in [0.717, 1.165) is 30.3 Å². The van der Waals surface area contributed by atoms with Crippen molar-refractivity contribution in [1.82, 2.24) is 9.97 Å². The van der Waals surface area contributed by atoms with Gasteiger partial charge in [0.1, 0.15) is 16.5 Å². The molecule has 1 aromatic rings. The molecule has 0 aliphatic heterocycles. The third-order valence-electron chi connectivity index (χ3n) is 2.98. The second-order valence-electron chi connectivity index (χ2n) is 4.34. The normalized spacial score (nSPS) is 24.6. The first kappa shape index (κ1) is 12.8. The molecule has 0 radical (unpaired) electrons. The molecule has 1 heterocycles. The molecule has 1 aliphatic carbocycles. The topological polar surface area (TPSA) is 44.2 Å². The summed E-state index contributed by atoms with van der Waals surface area (Å²) in [4.78, 5) is 8.43. The lowest BCUT2D eigenvalue weighted by molar-refractivity contribution is 0.0194. The van der Waals surface area contributed by atoms with E-state index >= 15 is 0 Å². The Morgan fingerprint density at radius 2 is 2.06 bits per heavy atom. The van der Waals surface area contributed by atoms with Gasteiger partial charge in [-0.25, -0.2) is 4.98 Å². The predicted octanol–water partition coefficient (Wildman–Crippen LogP) is 2.88. The van der Waals surface area contributed by atoms with Crippen LogP contribution >= 0.6 is 15.9 Å². The molecule has 1 aromatic heterocycles. The number of rotatable bonds is 3. The number of methoxy groups -OCH3 is 1. The maximum absolute atomic E-state index is 5.89. The number of ether oxygens (including phenoxy) is 2. The number of aromatic nitrogens is 2. The van der Waals surface area contributed by atoms with E-state index in [9.17, 15) is 0 Å². The Kier molecular flexibility index (Phi) is 4.34. The first-order valence-corrected chi connectivity index (χ1v) is 6.67. The number of hydrogen-bond donors (Lipinski definition) is 0. The molecular formula is C12H17BrN2O2. The average Bonchev–Trinajstić information content (AvgIpc) is 2.28. The molecule has 17 heavy (non-hydrogen) atoms. The van der Waals surface area contributed by atoms with Gasteiger partial charge >= 0.3 is 0 Å². The molecule has 2 rings (SSSR count). The Morgan fingerprint density at radius 1 is 1.29 bits per heavy atom. The van der Waals surface area contributed by atoms with Crippen LogP contribution in [0.5, 0.6) is 5.88 Å². The van der Waals surface area contributed by atoms with Gasteiger partial charge in [0.15, 0.2) is 0 Å². The van der Waals surface area contributed by atoms with E-state index in [-0.39, 0.29) is 6.10 Å². The molecule has 0 N–H and O–H groups in total. The molecule has 0 aromatic carbocycles.